The van der Waals surface area contributed by atoms with Crippen molar-refractivity contribution in [2.45, 2.75) is 13.8 Å². The number of hydrogen-bond donors (Lipinski definition) is 1. The van der Waals surface area contributed by atoms with Crippen molar-refractivity contribution < 1.29 is 0 Å². The Balaban J connectivity index is 3.22. The van der Waals surface area contributed by atoms with Crippen molar-refractivity contribution in [3.05, 3.63) is 34.9 Å². The second-order valence-electron chi connectivity index (χ2n) is 3.03. The third kappa shape index (κ3) is 2.09. The molecule has 66 valence electrons. The molecule has 1 rings (SSSR count). The maximum Gasteiger partial charge on any atom is 0.0912 e. The molecule has 0 aliphatic carbocycles. The van der Waals surface area contributed by atoms with Crippen LogP contribution in [0, 0.1) is 25.2 Å². The van der Waals surface area contributed by atoms with Gasteiger partial charge in [0.2, 0.25) is 0 Å². The van der Waals surface area contributed by atoms with E-state index in [2.05, 4.69) is 0 Å². The number of nitrogen functional groups attached to an aromatic ring is 1. The molecule has 0 bridgehead atoms. The molecule has 1 aromatic carbocycles. The van der Waals surface area contributed by atoms with Crippen LogP contribution in [0.3, 0.4) is 0 Å². The second-order valence-corrected chi connectivity index (χ2v) is 3.03. The van der Waals surface area contributed by atoms with E-state index in [0.717, 1.165) is 22.4 Å². The Hall–Kier alpha value is -1.75. The molecule has 1 aromatic rings. The van der Waals surface area contributed by atoms with E-state index in [-0.39, 0.29) is 0 Å². The molecule has 2 nitrogen and oxygen atoms in total. The quantitative estimate of drug-likeness (QED) is 0.522. The summed E-state index contributed by atoms with van der Waals surface area (Å²) in [6, 6.07) is 5.79. The number of benzene rings is 1. The zero-order chi connectivity index (χ0) is 9.84. The summed E-state index contributed by atoms with van der Waals surface area (Å²) in [6.07, 6.45) is 3.29. The molecule has 0 saturated carbocycles. The van der Waals surface area contributed by atoms with Gasteiger partial charge in [-0.15, -0.1) is 0 Å². The fourth-order valence-electron chi connectivity index (χ4n) is 1.39. The summed E-state index contributed by atoms with van der Waals surface area (Å²) in [6.45, 7) is 3.97. The summed E-state index contributed by atoms with van der Waals surface area (Å²) < 4.78 is 0. The van der Waals surface area contributed by atoms with Crippen molar-refractivity contribution in [2.24, 2.45) is 0 Å². The second kappa shape index (κ2) is 3.77. The van der Waals surface area contributed by atoms with Crippen LogP contribution in [-0.4, -0.2) is 0 Å². The fourth-order valence-corrected chi connectivity index (χ4v) is 1.39. The van der Waals surface area contributed by atoms with Gasteiger partial charge in [0, 0.05) is 11.8 Å². The molecule has 0 atom stereocenters. The largest absolute Gasteiger partial charge is 0.399 e. The minimum absolute atomic E-state index is 0.768. The van der Waals surface area contributed by atoms with Gasteiger partial charge >= 0.3 is 0 Å². The van der Waals surface area contributed by atoms with Crippen molar-refractivity contribution in [1.29, 1.82) is 5.26 Å². The fraction of sp³-hybridized carbons (Fsp3) is 0.182. The zero-order valence-corrected chi connectivity index (χ0v) is 7.83. The SMILES string of the molecule is Cc1cc(N)cc(C)c1C=CC#N. The molecule has 0 fully saturated rings. The normalized spacial score (nSPS) is 10.2. The van der Waals surface area contributed by atoms with E-state index in [9.17, 15) is 0 Å². The van der Waals surface area contributed by atoms with Crippen LogP contribution in [0.25, 0.3) is 6.08 Å². The lowest BCUT2D eigenvalue weighted by Crippen LogP contribution is -1.91. The van der Waals surface area contributed by atoms with Gasteiger partial charge in [0.25, 0.3) is 0 Å². The molecule has 0 unspecified atom stereocenters. The Morgan fingerprint density at radius 3 is 2.31 bits per heavy atom. The lowest BCUT2D eigenvalue weighted by Gasteiger charge is -2.05. The van der Waals surface area contributed by atoms with Gasteiger partial charge in [-0.05, 0) is 48.7 Å². The number of nitrogens with two attached hydrogens (primary N) is 1. The van der Waals surface area contributed by atoms with Crippen LogP contribution in [-0.2, 0) is 0 Å². The molecule has 0 heterocycles. The average Bonchev–Trinajstić information content (AvgIpc) is 2.02. The highest BCUT2D eigenvalue weighted by atomic mass is 14.5. The predicted molar refractivity (Wildman–Crippen MR) is 55.0 cm³/mol. The first-order valence-electron chi connectivity index (χ1n) is 4.08. The maximum atomic E-state index is 8.40. The number of nitrogens with zero attached hydrogens (tertiary/aromatic N) is 1. The number of aryl methyl sites for hydroxylation is 2. The Labute approximate surface area is 78.3 Å². The summed E-state index contributed by atoms with van der Waals surface area (Å²) in [5.74, 6) is 0. The van der Waals surface area contributed by atoms with Crippen molar-refractivity contribution in [1.82, 2.24) is 0 Å². The molecule has 13 heavy (non-hydrogen) atoms. The molecule has 0 aromatic heterocycles. The van der Waals surface area contributed by atoms with Crippen molar-refractivity contribution in [2.75, 3.05) is 5.73 Å². The minimum atomic E-state index is 0.768. The third-order valence-electron chi connectivity index (χ3n) is 1.94. The average molecular weight is 172 g/mol. The lowest BCUT2D eigenvalue weighted by molar-refractivity contribution is 1.36. The van der Waals surface area contributed by atoms with Crippen LogP contribution >= 0.6 is 0 Å². The summed E-state index contributed by atoms with van der Waals surface area (Å²) in [4.78, 5) is 0. The van der Waals surface area contributed by atoms with E-state index < -0.39 is 0 Å². The van der Waals surface area contributed by atoms with Gasteiger partial charge in [-0.25, -0.2) is 0 Å². The van der Waals surface area contributed by atoms with Crippen molar-refractivity contribution >= 4 is 11.8 Å². The number of nitriles is 1. The van der Waals surface area contributed by atoms with E-state index in [1.54, 1.807) is 0 Å². The maximum absolute atomic E-state index is 8.40. The van der Waals surface area contributed by atoms with Crippen LogP contribution in [0.15, 0.2) is 18.2 Å². The molecular formula is C11H12N2. The minimum Gasteiger partial charge on any atom is -0.399 e. The van der Waals surface area contributed by atoms with Crippen molar-refractivity contribution in [3.63, 3.8) is 0 Å². The standard InChI is InChI=1S/C11H12N2/c1-8-6-10(13)7-9(2)11(8)4-3-5-12/h3-4,6-7H,13H2,1-2H3. The zero-order valence-electron chi connectivity index (χ0n) is 7.83. The van der Waals surface area contributed by atoms with Gasteiger partial charge in [-0.3, -0.25) is 0 Å². The van der Waals surface area contributed by atoms with Gasteiger partial charge in [0.05, 0.1) is 6.07 Å². The van der Waals surface area contributed by atoms with Crippen LogP contribution < -0.4 is 5.73 Å². The van der Waals surface area contributed by atoms with Gasteiger partial charge in [0.15, 0.2) is 0 Å². The Kier molecular flexibility index (Phi) is 2.71. The summed E-state index contributed by atoms with van der Waals surface area (Å²) in [5, 5.41) is 8.40. The van der Waals surface area contributed by atoms with Crippen LogP contribution in [0.4, 0.5) is 5.69 Å². The molecule has 2 N–H and O–H groups in total. The lowest BCUT2D eigenvalue weighted by atomic mass is 10.0. The first-order chi connectivity index (χ1) is 6.15. The first kappa shape index (κ1) is 9.34. The molecule has 0 saturated heterocycles. The van der Waals surface area contributed by atoms with E-state index in [0.29, 0.717) is 0 Å². The molecule has 0 spiro atoms. The molecule has 0 amide bonds. The van der Waals surface area contributed by atoms with Gasteiger partial charge in [-0.1, -0.05) is 0 Å². The Bertz CT molecular complexity index is 361. The molecule has 2 heteroatoms. The van der Waals surface area contributed by atoms with Crippen molar-refractivity contribution in [3.8, 4) is 6.07 Å². The Morgan fingerprint density at radius 1 is 1.31 bits per heavy atom. The van der Waals surface area contributed by atoms with Crippen LogP contribution in [0.5, 0.6) is 0 Å². The topological polar surface area (TPSA) is 49.8 Å². The molecular weight excluding hydrogens is 160 g/mol. The summed E-state index contributed by atoms with van der Waals surface area (Å²) >= 11 is 0. The highest BCUT2D eigenvalue weighted by Crippen LogP contribution is 2.19. The number of allylic oxidation sites excluding steroid dienone is 1. The molecule has 0 radical (unpaired) electrons. The van der Waals surface area contributed by atoms with E-state index in [1.807, 2.05) is 38.1 Å². The Morgan fingerprint density at radius 2 is 1.85 bits per heavy atom. The highest BCUT2D eigenvalue weighted by molar-refractivity contribution is 5.63. The van der Waals surface area contributed by atoms with Gasteiger partial charge in [0.1, 0.15) is 0 Å². The predicted octanol–water partition coefficient (Wildman–Crippen LogP) is 2.42. The number of hydrogen-bond acceptors (Lipinski definition) is 2. The van der Waals surface area contributed by atoms with E-state index in [4.69, 9.17) is 11.0 Å². The number of rotatable bonds is 1. The highest BCUT2D eigenvalue weighted by Gasteiger charge is 1.99. The van der Waals surface area contributed by atoms with Gasteiger partial charge < -0.3 is 5.73 Å². The monoisotopic (exact) mass is 172 g/mol. The summed E-state index contributed by atoms with van der Waals surface area (Å²) in [5.41, 5.74) is 9.72. The van der Waals surface area contributed by atoms with Crippen LogP contribution in [0.2, 0.25) is 0 Å². The smallest absolute Gasteiger partial charge is 0.0912 e. The van der Waals surface area contributed by atoms with Crippen LogP contribution in [0.1, 0.15) is 16.7 Å². The van der Waals surface area contributed by atoms with Gasteiger partial charge in [-0.2, -0.15) is 5.26 Å². The molecule has 0 aliphatic heterocycles. The first-order valence-corrected chi connectivity index (χ1v) is 4.08. The molecule has 0 aliphatic rings. The van der Waals surface area contributed by atoms with E-state index in [1.165, 1.54) is 6.08 Å². The summed E-state index contributed by atoms with van der Waals surface area (Å²) in [7, 11) is 0. The number of anilines is 1. The van der Waals surface area contributed by atoms with E-state index >= 15 is 0 Å². The third-order valence-corrected chi connectivity index (χ3v) is 1.94.